The van der Waals surface area contributed by atoms with Crippen molar-refractivity contribution in [2.24, 2.45) is 10.9 Å². The number of nitrogens with one attached hydrogen (secondary N) is 3. The Morgan fingerprint density at radius 2 is 1.89 bits per heavy atom. The summed E-state index contributed by atoms with van der Waals surface area (Å²) in [5.41, 5.74) is 1.72. The average molecular weight is 508 g/mol. The fourth-order valence-corrected chi connectivity index (χ4v) is 2.46. The summed E-state index contributed by atoms with van der Waals surface area (Å²) < 4.78 is 7.24. The van der Waals surface area contributed by atoms with Crippen LogP contribution < -0.4 is 16.0 Å². The molecule has 0 bridgehead atoms. The Bertz CT molecular complexity index is 624. The topological polar surface area (TPSA) is 92.6 Å². The van der Waals surface area contributed by atoms with Gasteiger partial charge in [-0.3, -0.25) is 9.67 Å². The minimum Gasteiger partial charge on any atom is -0.444 e. The third kappa shape index (κ3) is 11.4. The second-order valence-electron chi connectivity index (χ2n) is 7.79. The van der Waals surface area contributed by atoms with E-state index in [1.54, 1.807) is 0 Å². The molecule has 8 nitrogen and oxygen atoms in total. The quantitative estimate of drug-likeness (QED) is 0.218. The fraction of sp³-hybridized carbons (Fsp3) is 0.737. The first kappa shape index (κ1) is 26.5. The summed E-state index contributed by atoms with van der Waals surface area (Å²) >= 11 is 0. The van der Waals surface area contributed by atoms with Crippen LogP contribution in [0.2, 0.25) is 0 Å². The van der Waals surface area contributed by atoms with Gasteiger partial charge in [0, 0.05) is 38.4 Å². The van der Waals surface area contributed by atoms with Crippen molar-refractivity contribution in [3.8, 4) is 0 Å². The standard InChI is InChI=1S/C19H36N6O2.HI/c1-8-20-17(21-9-10-22-18(26)27-19(5,6)7)23-12-14(2)13-25-16(4)11-15(3)24-25;/h11,14H,8-10,12-13H2,1-7H3,(H,22,26)(H2,20,21,23);1H. The maximum atomic E-state index is 11.6. The van der Waals surface area contributed by atoms with Crippen LogP contribution in [-0.2, 0) is 11.3 Å². The number of guanidine groups is 1. The minimum absolute atomic E-state index is 0. The number of aryl methyl sites for hydroxylation is 2. The molecule has 1 rings (SSSR count). The zero-order valence-electron chi connectivity index (χ0n) is 18.3. The van der Waals surface area contributed by atoms with E-state index in [2.05, 4.69) is 46.0 Å². The number of carbonyl (C=O) groups excluding carboxylic acids is 1. The Labute approximate surface area is 186 Å². The van der Waals surface area contributed by atoms with Crippen LogP contribution in [0.15, 0.2) is 11.1 Å². The van der Waals surface area contributed by atoms with Crippen LogP contribution in [0.25, 0.3) is 0 Å². The summed E-state index contributed by atoms with van der Waals surface area (Å²) in [5.74, 6) is 1.10. The highest BCUT2D eigenvalue weighted by Crippen LogP contribution is 2.07. The number of aliphatic imine (C=N–C) groups is 1. The van der Waals surface area contributed by atoms with Gasteiger partial charge in [0.25, 0.3) is 0 Å². The molecule has 0 radical (unpaired) electrons. The molecule has 1 aromatic rings. The largest absolute Gasteiger partial charge is 0.444 e. The van der Waals surface area contributed by atoms with Gasteiger partial charge in [-0.05, 0) is 53.5 Å². The molecule has 1 heterocycles. The van der Waals surface area contributed by atoms with Crippen LogP contribution in [0.1, 0.15) is 46.0 Å². The Kier molecular flexibility index (Phi) is 12.1. The Hall–Kier alpha value is -1.52. The minimum atomic E-state index is -0.491. The Balaban J connectivity index is 0.00000729. The van der Waals surface area contributed by atoms with Crippen LogP contribution in [0, 0.1) is 19.8 Å². The van der Waals surface area contributed by atoms with E-state index in [0.29, 0.717) is 25.6 Å². The molecule has 0 saturated carbocycles. The van der Waals surface area contributed by atoms with Crippen LogP contribution in [0.4, 0.5) is 4.79 Å². The SMILES string of the molecule is CCNC(=NCC(C)Cn1nc(C)cc1C)NCCNC(=O)OC(C)(C)C.I. The number of alkyl carbamates (subject to hydrolysis) is 1. The second kappa shape index (κ2) is 12.8. The van der Waals surface area contributed by atoms with Crippen molar-refractivity contribution >= 4 is 36.0 Å². The number of carbonyl (C=O) groups is 1. The predicted molar refractivity (Wildman–Crippen MR) is 124 cm³/mol. The van der Waals surface area contributed by atoms with E-state index in [1.165, 1.54) is 5.69 Å². The smallest absolute Gasteiger partial charge is 0.407 e. The first-order valence-corrected chi connectivity index (χ1v) is 9.60. The van der Waals surface area contributed by atoms with E-state index < -0.39 is 11.7 Å². The van der Waals surface area contributed by atoms with E-state index in [9.17, 15) is 4.79 Å². The van der Waals surface area contributed by atoms with E-state index in [-0.39, 0.29) is 24.0 Å². The third-order valence-electron chi connectivity index (χ3n) is 3.58. The highest BCUT2D eigenvalue weighted by molar-refractivity contribution is 14.0. The van der Waals surface area contributed by atoms with Crippen molar-refractivity contribution in [1.29, 1.82) is 0 Å². The van der Waals surface area contributed by atoms with Gasteiger partial charge in [0.05, 0.1) is 5.69 Å². The summed E-state index contributed by atoms with van der Waals surface area (Å²) in [7, 11) is 0. The number of ether oxygens (including phenoxy) is 1. The average Bonchev–Trinajstić information content (AvgIpc) is 2.84. The summed E-state index contributed by atoms with van der Waals surface area (Å²) in [5, 5.41) is 13.7. The maximum Gasteiger partial charge on any atom is 0.407 e. The molecule has 0 aromatic carbocycles. The summed E-state index contributed by atoms with van der Waals surface area (Å²) in [6.45, 7) is 17.1. The molecule has 0 aliphatic heterocycles. The van der Waals surface area contributed by atoms with Crippen molar-refractivity contribution in [2.75, 3.05) is 26.2 Å². The van der Waals surface area contributed by atoms with E-state index in [4.69, 9.17) is 4.74 Å². The number of nitrogens with zero attached hydrogens (tertiary/aromatic N) is 3. The van der Waals surface area contributed by atoms with Gasteiger partial charge in [-0.1, -0.05) is 6.92 Å². The van der Waals surface area contributed by atoms with Gasteiger partial charge in [-0.25, -0.2) is 4.79 Å². The molecular weight excluding hydrogens is 471 g/mol. The first-order valence-electron chi connectivity index (χ1n) is 9.60. The molecule has 0 fully saturated rings. The van der Waals surface area contributed by atoms with Crippen molar-refractivity contribution < 1.29 is 9.53 Å². The van der Waals surface area contributed by atoms with Crippen LogP contribution in [-0.4, -0.2) is 53.6 Å². The van der Waals surface area contributed by atoms with Crippen molar-refractivity contribution in [1.82, 2.24) is 25.7 Å². The molecule has 1 aromatic heterocycles. The maximum absolute atomic E-state index is 11.6. The van der Waals surface area contributed by atoms with E-state index >= 15 is 0 Å². The van der Waals surface area contributed by atoms with E-state index in [0.717, 1.165) is 24.7 Å². The third-order valence-corrected chi connectivity index (χ3v) is 3.58. The van der Waals surface area contributed by atoms with Crippen LogP contribution >= 0.6 is 24.0 Å². The van der Waals surface area contributed by atoms with Crippen molar-refractivity contribution in [3.05, 3.63) is 17.5 Å². The lowest BCUT2D eigenvalue weighted by Crippen LogP contribution is -2.42. The van der Waals surface area contributed by atoms with E-state index in [1.807, 2.05) is 39.3 Å². The molecule has 0 spiro atoms. The number of aromatic nitrogens is 2. The molecule has 1 atom stereocenters. The summed E-state index contributed by atoms with van der Waals surface area (Å²) in [6.07, 6.45) is -0.412. The number of halogens is 1. The van der Waals surface area contributed by atoms with Gasteiger partial charge in [0.1, 0.15) is 5.60 Å². The lowest BCUT2D eigenvalue weighted by atomic mass is 10.2. The number of rotatable bonds is 8. The first-order chi connectivity index (χ1) is 12.6. The number of amides is 1. The van der Waals surface area contributed by atoms with Gasteiger partial charge in [0.15, 0.2) is 5.96 Å². The highest BCUT2D eigenvalue weighted by Gasteiger charge is 2.15. The molecule has 162 valence electrons. The van der Waals surface area contributed by atoms with Crippen LogP contribution in [0.3, 0.4) is 0 Å². The predicted octanol–water partition coefficient (Wildman–Crippen LogP) is 2.83. The molecule has 0 aliphatic rings. The zero-order chi connectivity index (χ0) is 20.4. The Morgan fingerprint density at radius 1 is 1.25 bits per heavy atom. The van der Waals surface area contributed by atoms with Gasteiger partial charge in [-0.2, -0.15) is 5.10 Å². The summed E-state index contributed by atoms with van der Waals surface area (Å²) in [4.78, 5) is 16.3. The molecule has 0 aliphatic carbocycles. The molecule has 9 heteroatoms. The van der Waals surface area contributed by atoms with Gasteiger partial charge in [0.2, 0.25) is 0 Å². The molecule has 1 unspecified atom stereocenters. The second-order valence-corrected chi connectivity index (χ2v) is 7.79. The van der Waals surface area contributed by atoms with Gasteiger partial charge in [-0.15, -0.1) is 24.0 Å². The lowest BCUT2D eigenvalue weighted by molar-refractivity contribution is 0.0529. The fourth-order valence-electron chi connectivity index (χ4n) is 2.46. The van der Waals surface area contributed by atoms with Gasteiger partial charge < -0.3 is 20.7 Å². The molecule has 3 N–H and O–H groups in total. The number of hydrogen-bond acceptors (Lipinski definition) is 4. The highest BCUT2D eigenvalue weighted by atomic mass is 127. The number of hydrogen-bond donors (Lipinski definition) is 3. The van der Waals surface area contributed by atoms with Crippen LogP contribution in [0.5, 0.6) is 0 Å². The Morgan fingerprint density at radius 3 is 2.43 bits per heavy atom. The molecular formula is C19H37IN6O2. The summed E-state index contributed by atoms with van der Waals surface area (Å²) in [6, 6.07) is 2.08. The monoisotopic (exact) mass is 508 g/mol. The molecule has 1 amide bonds. The van der Waals surface area contributed by atoms with Gasteiger partial charge >= 0.3 is 6.09 Å². The zero-order valence-corrected chi connectivity index (χ0v) is 20.6. The normalized spacial score (nSPS) is 12.8. The van der Waals surface area contributed by atoms with Crippen molar-refractivity contribution in [2.45, 2.75) is 60.6 Å². The molecule has 0 saturated heterocycles. The van der Waals surface area contributed by atoms with Crippen molar-refractivity contribution in [3.63, 3.8) is 0 Å². The molecule has 28 heavy (non-hydrogen) atoms. The lowest BCUT2D eigenvalue weighted by Gasteiger charge is -2.20.